The Labute approximate surface area is 126 Å². The van der Waals surface area contributed by atoms with Gasteiger partial charge in [0, 0.05) is 12.1 Å². The summed E-state index contributed by atoms with van der Waals surface area (Å²) in [5.41, 5.74) is 0. The molecule has 1 aliphatic heterocycles. The van der Waals surface area contributed by atoms with Crippen molar-refractivity contribution < 1.29 is 0 Å². The van der Waals surface area contributed by atoms with Gasteiger partial charge in [-0.1, -0.05) is 39.5 Å². The summed E-state index contributed by atoms with van der Waals surface area (Å²) in [6.45, 7) is 7.38. The Hall–Kier alpha value is -0.0800. The van der Waals surface area contributed by atoms with Crippen molar-refractivity contribution in [2.45, 2.75) is 83.7 Å². The molecule has 0 aromatic heterocycles. The standard InChI is InChI=1S/C18H36N2/c1-4-6-15-10-12-20(13-11-15)18-14-16(7-5-2)8-9-17(18)19-3/h15-19H,4-14H2,1-3H3. The molecule has 1 saturated heterocycles. The molecule has 1 saturated carbocycles. The van der Waals surface area contributed by atoms with E-state index in [1.165, 1.54) is 70.9 Å². The number of nitrogens with one attached hydrogen (secondary N) is 1. The maximum absolute atomic E-state index is 3.61. The van der Waals surface area contributed by atoms with Gasteiger partial charge in [-0.3, -0.25) is 4.90 Å². The van der Waals surface area contributed by atoms with Gasteiger partial charge in [-0.25, -0.2) is 0 Å². The fraction of sp³-hybridized carbons (Fsp3) is 1.00. The highest BCUT2D eigenvalue weighted by Crippen LogP contribution is 2.33. The summed E-state index contributed by atoms with van der Waals surface area (Å²) in [4.78, 5) is 2.83. The van der Waals surface area contributed by atoms with Crippen molar-refractivity contribution in [3.05, 3.63) is 0 Å². The number of rotatable bonds is 6. The maximum atomic E-state index is 3.61. The molecule has 2 aliphatic rings. The Bertz CT molecular complexity index is 258. The molecule has 20 heavy (non-hydrogen) atoms. The highest BCUT2D eigenvalue weighted by Gasteiger charge is 2.34. The summed E-state index contributed by atoms with van der Waals surface area (Å²) in [5, 5.41) is 3.61. The third-order valence-electron chi connectivity index (χ3n) is 5.81. The molecule has 118 valence electrons. The van der Waals surface area contributed by atoms with Crippen LogP contribution in [0.15, 0.2) is 0 Å². The summed E-state index contributed by atoms with van der Waals surface area (Å²) < 4.78 is 0. The zero-order valence-corrected chi connectivity index (χ0v) is 14.0. The number of likely N-dealkylation sites (tertiary alicyclic amines) is 1. The Balaban J connectivity index is 1.87. The second-order valence-electron chi connectivity index (χ2n) is 7.20. The Morgan fingerprint density at radius 2 is 1.55 bits per heavy atom. The van der Waals surface area contributed by atoms with Crippen LogP contribution in [0.2, 0.25) is 0 Å². The zero-order chi connectivity index (χ0) is 14.4. The van der Waals surface area contributed by atoms with Crippen molar-refractivity contribution in [1.29, 1.82) is 0 Å². The summed E-state index contributed by atoms with van der Waals surface area (Å²) in [5.74, 6) is 2.00. The van der Waals surface area contributed by atoms with Gasteiger partial charge in [0.05, 0.1) is 0 Å². The minimum atomic E-state index is 0.742. The van der Waals surface area contributed by atoms with Crippen LogP contribution in [0.5, 0.6) is 0 Å². The van der Waals surface area contributed by atoms with Crippen molar-refractivity contribution in [1.82, 2.24) is 10.2 Å². The van der Waals surface area contributed by atoms with Gasteiger partial charge >= 0.3 is 0 Å². The number of nitrogens with zero attached hydrogens (tertiary/aromatic N) is 1. The van der Waals surface area contributed by atoms with Gasteiger partial charge in [-0.05, 0) is 64.1 Å². The fourth-order valence-corrected chi connectivity index (χ4v) is 4.62. The summed E-state index contributed by atoms with van der Waals surface area (Å²) in [6, 6.07) is 1.55. The molecule has 0 amide bonds. The highest BCUT2D eigenvalue weighted by atomic mass is 15.2. The van der Waals surface area contributed by atoms with E-state index in [-0.39, 0.29) is 0 Å². The molecule has 2 fully saturated rings. The molecular weight excluding hydrogens is 244 g/mol. The Kier molecular flexibility index (Phi) is 6.83. The molecule has 1 aliphatic carbocycles. The quantitative estimate of drug-likeness (QED) is 0.789. The second kappa shape index (κ2) is 8.38. The van der Waals surface area contributed by atoms with Crippen molar-refractivity contribution in [2.75, 3.05) is 20.1 Å². The molecule has 0 spiro atoms. The molecule has 3 atom stereocenters. The number of likely N-dealkylation sites (N-methyl/N-ethyl adjacent to an activating group) is 1. The lowest BCUT2D eigenvalue weighted by atomic mass is 9.78. The maximum Gasteiger partial charge on any atom is 0.0251 e. The van der Waals surface area contributed by atoms with Crippen LogP contribution in [0.3, 0.4) is 0 Å². The molecule has 0 aromatic carbocycles. The first-order chi connectivity index (χ1) is 9.78. The predicted octanol–water partition coefficient (Wildman–Crippen LogP) is 4.06. The topological polar surface area (TPSA) is 15.3 Å². The summed E-state index contributed by atoms with van der Waals surface area (Å²) in [7, 11) is 2.17. The van der Waals surface area contributed by atoms with Crippen LogP contribution < -0.4 is 5.32 Å². The molecule has 0 aromatic rings. The van der Waals surface area contributed by atoms with Crippen LogP contribution in [-0.4, -0.2) is 37.1 Å². The lowest BCUT2D eigenvalue weighted by molar-refractivity contribution is 0.0639. The molecule has 2 heteroatoms. The first-order valence-electron chi connectivity index (χ1n) is 9.19. The number of piperidine rings is 1. The van der Waals surface area contributed by atoms with Gasteiger partial charge in [-0.15, -0.1) is 0 Å². The third-order valence-corrected chi connectivity index (χ3v) is 5.81. The van der Waals surface area contributed by atoms with Gasteiger partial charge in [0.25, 0.3) is 0 Å². The normalized spacial score (nSPS) is 33.5. The van der Waals surface area contributed by atoms with Crippen molar-refractivity contribution in [3.63, 3.8) is 0 Å². The lowest BCUT2D eigenvalue weighted by Gasteiger charge is -2.45. The smallest absolute Gasteiger partial charge is 0.0251 e. The van der Waals surface area contributed by atoms with E-state index in [0.717, 1.165) is 23.9 Å². The molecule has 3 unspecified atom stereocenters. The molecule has 1 N–H and O–H groups in total. The monoisotopic (exact) mass is 280 g/mol. The van der Waals surface area contributed by atoms with Crippen molar-refractivity contribution >= 4 is 0 Å². The third kappa shape index (κ3) is 4.21. The first kappa shape index (κ1) is 16.3. The van der Waals surface area contributed by atoms with Crippen LogP contribution in [0.1, 0.15) is 71.6 Å². The molecule has 2 nitrogen and oxygen atoms in total. The first-order valence-corrected chi connectivity index (χ1v) is 9.19. The summed E-state index contributed by atoms with van der Waals surface area (Å²) in [6.07, 6.45) is 12.8. The lowest BCUT2D eigenvalue weighted by Crippen LogP contribution is -2.54. The average molecular weight is 281 g/mol. The minimum absolute atomic E-state index is 0.742. The van der Waals surface area contributed by atoms with Crippen LogP contribution in [0.4, 0.5) is 0 Å². The SMILES string of the molecule is CCCC1CCN(C2CC(CCC)CCC2NC)CC1. The van der Waals surface area contributed by atoms with Gasteiger partial charge < -0.3 is 5.32 Å². The number of hydrogen-bond acceptors (Lipinski definition) is 2. The fourth-order valence-electron chi connectivity index (χ4n) is 4.62. The second-order valence-corrected chi connectivity index (χ2v) is 7.20. The van der Waals surface area contributed by atoms with Gasteiger partial charge in [0.15, 0.2) is 0 Å². The van der Waals surface area contributed by atoms with E-state index in [0.29, 0.717) is 0 Å². The molecule has 0 bridgehead atoms. The van der Waals surface area contributed by atoms with Crippen LogP contribution in [0, 0.1) is 11.8 Å². The van der Waals surface area contributed by atoms with Crippen molar-refractivity contribution in [2.24, 2.45) is 11.8 Å². The van der Waals surface area contributed by atoms with E-state index < -0.39 is 0 Å². The Morgan fingerprint density at radius 1 is 0.900 bits per heavy atom. The highest BCUT2D eigenvalue weighted by molar-refractivity contribution is 4.92. The molecule has 2 rings (SSSR count). The average Bonchev–Trinajstić information content (AvgIpc) is 2.49. The van der Waals surface area contributed by atoms with E-state index in [1.54, 1.807) is 0 Å². The van der Waals surface area contributed by atoms with Crippen LogP contribution in [-0.2, 0) is 0 Å². The minimum Gasteiger partial charge on any atom is -0.315 e. The van der Waals surface area contributed by atoms with E-state index in [9.17, 15) is 0 Å². The van der Waals surface area contributed by atoms with E-state index in [2.05, 4.69) is 31.1 Å². The summed E-state index contributed by atoms with van der Waals surface area (Å²) >= 11 is 0. The van der Waals surface area contributed by atoms with Gasteiger partial charge in [0.2, 0.25) is 0 Å². The van der Waals surface area contributed by atoms with E-state index in [4.69, 9.17) is 0 Å². The van der Waals surface area contributed by atoms with E-state index >= 15 is 0 Å². The van der Waals surface area contributed by atoms with Crippen LogP contribution >= 0.6 is 0 Å². The van der Waals surface area contributed by atoms with Gasteiger partial charge in [-0.2, -0.15) is 0 Å². The van der Waals surface area contributed by atoms with E-state index in [1.807, 2.05) is 0 Å². The van der Waals surface area contributed by atoms with Crippen LogP contribution in [0.25, 0.3) is 0 Å². The molecule has 1 heterocycles. The molecular formula is C18H36N2. The van der Waals surface area contributed by atoms with Gasteiger partial charge in [0.1, 0.15) is 0 Å². The predicted molar refractivity (Wildman–Crippen MR) is 88.1 cm³/mol. The zero-order valence-electron chi connectivity index (χ0n) is 14.0. The Morgan fingerprint density at radius 3 is 2.15 bits per heavy atom. The van der Waals surface area contributed by atoms with Crippen molar-refractivity contribution in [3.8, 4) is 0 Å². The number of hydrogen-bond donors (Lipinski definition) is 1. The largest absolute Gasteiger partial charge is 0.315 e. The molecule has 0 radical (unpaired) electrons.